The molecule has 2 saturated heterocycles. The van der Waals surface area contributed by atoms with Crippen LogP contribution < -0.4 is 0 Å². The largest absolute Gasteiger partial charge is 0.479 e. The van der Waals surface area contributed by atoms with E-state index >= 15 is 0 Å². The van der Waals surface area contributed by atoms with E-state index in [4.69, 9.17) is 14.2 Å². The molecule has 1 aromatic carbocycles. The summed E-state index contributed by atoms with van der Waals surface area (Å²) in [7, 11) is 0. The summed E-state index contributed by atoms with van der Waals surface area (Å²) in [6.45, 7) is 4.74. The lowest BCUT2D eigenvalue weighted by atomic mass is 9.91. The summed E-state index contributed by atoms with van der Waals surface area (Å²) in [5.41, 5.74) is 0.195. The average molecular weight is 425 g/mol. The number of rotatable bonds is 3. The molecule has 5 atom stereocenters. The number of carboxylic acid groups (broad SMARTS) is 1. The molecule has 0 bridgehead atoms. The van der Waals surface area contributed by atoms with Crippen molar-refractivity contribution in [1.29, 1.82) is 0 Å². The minimum atomic E-state index is -1.54. The molecule has 2 aliphatic heterocycles. The zero-order chi connectivity index (χ0) is 21.8. The number of benzene rings is 1. The van der Waals surface area contributed by atoms with Crippen LogP contribution in [0.1, 0.15) is 25.5 Å². The molecule has 0 spiro atoms. The fourth-order valence-electron chi connectivity index (χ4n) is 3.72. The molecule has 3 heterocycles. The minimum Gasteiger partial charge on any atom is -0.479 e. The molecule has 0 radical (unpaired) electrons. The third-order valence-electron chi connectivity index (χ3n) is 5.34. The van der Waals surface area contributed by atoms with Crippen LogP contribution >= 0.6 is 0 Å². The number of nitrogens with zero attached hydrogens (tertiary/aromatic N) is 3. The lowest BCUT2D eigenvalue weighted by Crippen LogP contribution is -2.63. The Hall–Kier alpha value is -2.47. The van der Waals surface area contributed by atoms with E-state index in [1.54, 1.807) is 13.8 Å². The maximum absolute atomic E-state index is 13.9. The smallest absolute Gasteiger partial charge is 0.335 e. The first-order valence-electron chi connectivity index (χ1n) is 9.33. The van der Waals surface area contributed by atoms with Gasteiger partial charge in [-0.1, -0.05) is 5.21 Å². The first-order valence-corrected chi connectivity index (χ1v) is 9.33. The summed E-state index contributed by atoms with van der Waals surface area (Å²) >= 11 is 0. The lowest BCUT2D eigenvalue weighted by Gasteiger charge is -2.49. The summed E-state index contributed by atoms with van der Waals surface area (Å²) in [4.78, 5) is 11.6. The van der Waals surface area contributed by atoms with Crippen molar-refractivity contribution in [3.63, 3.8) is 0 Å². The van der Waals surface area contributed by atoms with Crippen LogP contribution in [0.5, 0.6) is 0 Å². The van der Waals surface area contributed by atoms with E-state index in [2.05, 4.69) is 10.3 Å². The zero-order valence-electron chi connectivity index (χ0n) is 16.5. The molecular formula is C19H21F2N3O6. The van der Waals surface area contributed by atoms with E-state index < -0.39 is 53.8 Å². The molecule has 2 aromatic rings. The molecule has 0 saturated carbocycles. The molecule has 162 valence electrons. The molecule has 30 heavy (non-hydrogen) atoms. The molecule has 2 aliphatic rings. The Balaban J connectivity index is 1.72. The van der Waals surface area contributed by atoms with Gasteiger partial charge in [-0.15, -0.1) is 5.10 Å². The standard InChI is InChI=1S/C19H21F2N3O6/c1-8-10(20)4-9(5-11(8)21)12-6-24(23-22-12)14-15(25)17(18(26)27)29-13-7-28-19(2,3)30-16(13)14/h4-6,13-17,25H,7H2,1-3H3,(H,26,27)/t13-,14-,15-,16+,17-/m1/s1. The van der Waals surface area contributed by atoms with Gasteiger partial charge in [0, 0.05) is 11.1 Å². The molecule has 2 fully saturated rings. The summed E-state index contributed by atoms with van der Waals surface area (Å²) in [6, 6.07) is 1.28. The second-order valence-electron chi connectivity index (χ2n) is 7.86. The summed E-state index contributed by atoms with van der Waals surface area (Å²) in [5, 5.41) is 28.1. The zero-order valence-corrected chi connectivity index (χ0v) is 16.5. The Bertz CT molecular complexity index is 958. The van der Waals surface area contributed by atoms with Crippen LogP contribution in [0.4, 0.5) is 8.78 Å². The van der Waals surface area contributed by atoms with Gasteiger partial charge in [0.1, 0.15) is 41.7 Å². The number of hydrogen-bond acceptors (Lipinski definition) is 7. The van der Waals surface area contributed by atoms with Crippen LogP contribution in [-0.4, -0.2) is 68.0 Å². The minimum absolute atomic E-state index is 0.0562. The second kappa shape index (κ2) is 7.34. The van der Waals surface area contributed by atoms with Crippen molar-refractivity contribution in [2.75, 3.05) is 6.61 Å². The number of fused-ring (bicyclic) bond motifs is 1. The van der Waals surface area contributed by atoms with Gasteiger partial charge in [0.15, 0.2) is 11.9 Å². The Morgan fingerprint density at radius 3 is 2.60 bits per heavy atom. The van der Waals surface area contributed by atoms with Crippen LogP contribution in [0.2, 0.25) is 0 Å². The van der Waals surface area contributed by atoms with Crippen molar-refractivity contribution < 1.29 is 38.0 Å². The molecule has 4 rings (SSSR count). The van der Waals surface area contributed by atoms with Crippen LogP contribution in [-0.2, 0) is 19.0 Å². The van der Waals surface area contributed by atoms with Gasteiger partial charge in [0.25, 0.3) is 0 Å². The van der Waals surface area contributed by atoms with Crippen LogP contribution in [0.25, 0.3) is 11.3 Å². The molecule has 0 aliphatic carbocycles. The fourth-order valence-corrected chi connectivity index (χ4v) is 3.72. The van der Waals surface area contributed by atoms with Crippen molar-refractivity contribution >= 4 is 5.97 Å². The third kappa shape index (κ3) is 3.58. The molecule has 2 N–H and O–H groups in total. The summed E-state index contributed by atoms with van der Waals surface area (Å²) in [6.07, 6.45) is -3.23. The van der Waals surface area contributed by atoms with Gasteiger partial charge in [0.2, 0.25) is 0 Å². The monoisotopic (exact) mass is 425 g/mol. The van der Waals surface area contributed by atoms with E-state index in [0.717, 1.165) is 12.1 Å². The van der Waals surface area contributed by atoms with E-state index in [0.29, 0.717) is 0 Å². The predicted molar refractivity (Wildman–Crippen MR) is 96.4 cm³/mol. The fraction of sp³-hybridized carbons (Fsp3) is 0.526. The number of halogens is 2. The van der Waals surface area contributed by atoms with E-state index in [-0.39, 0.29) is 23.4 Å². The summed E-state index contributed by atoms with van der Waals surface area (Å²) in [5.74, 6) is -3.80. The van der Waals surface area contributed by atoms with Crippen LogP contribution in [0.3, 0.4) is 0 Å². The van der Waals surface area contributed by atoms with Gasteiger partial charge < -0.3 is 24.4 Å². The average Bonchev–Trinajstić information content (AvgIpc) is 3.14. The number of hydrogen-bond donors (Lipinski definition) is 2. The first-order chi connectivity index (χ1) is 14.1. The number of carbonyl (C=O) groups is 1. The second-order valence-corrected chi connectivity index (χ2v) is 7.86. The molecule has 0 amide bonds. The van der Waals surface area contributed by atoms with Gasteiger partial charge in [-0.2, -0.15) is 0 Å². The molecule has 11 heteroatoms. The highest BCUT2D eigenvalue weighted by Gasteiger charge is 2.54. The van der Waals surface area contributed by atoms with Gasteiger partial charge >= 0.3 is 5.97 Å². The maximum atomic E-state index is 13.9. The number of aliphatic hydroxyl groups excluding tert-OH is 1. The highest BCUT2D eigenvalue weighted by molar-refractivity contribution is 5.73. The quantitative estimate of drug-likeness (QED) is 0.759. The van der Waals surface area contributed by atoms with Crippen molar-refractivity contribution in [2.45, 2.75) is 57.0 Å². The van der Waals surface area contributed by atoms with Crippen LogP contribution in [0, 0.1) is 18.6 Å². The van der Waals surface area contributed by atoms with Crippen molar-refractivity contribution in [3.05, 3.63) is 35.5 Å². The lowest BCUT2D eigenvalue weighted by molar-refractivity contribution is -0.346. The first kappa shape index (κ1) is 20.8. The van der Waals surface area contributed by atoms with Gasteiger partial charge in [-0.3, -0.25) is 0 Å². The normalized spacial score (nSPS) is 30.7. The van der Waals surface area contributed by atoms with Gasteiger partial charge in [0.05, 0.1) is 12.8 Å². The predicted octanol–water partition coefficient (Wildman–Crippen LogP) is 1.44. The molecule has 9 nitrogen and oxygen atoms in total. The van der Waals surface area contributed by atoms with Crippen LogP contribution in [0.15, 0.2) is 18.3 Å². The van der Waals surface area contributed by atoms with Crippen molar-refractivity contribution in [1.82, 2.24) is 15.0 Å². The molecule has 0 unspecified atom stereocenters. The highest BCUT2D eigenvalue weighted by atomic mass is 19.1. The maximum Gasteiger partial charge on any atom is 0.335 e. The molecule has 1 aromatic heterocycles. The number of aromatic nitrogens is 3. The highest BCUT2D eigenvalue weighted by Crippen LogP contribution is 2.38. The number of carboxylic acids is 1. The van der Waals surface area contributed by atoms with Gasteiger partial charge in [-0.25, -0.2) is 18.3 Å². The number of aliphatic carboxylic acids is 1. The Labute approximate surface area is 170 Å². The van der Waals surface area contributed by atoms with E-state index in [1.165, 1.54) is 17.8 Å². The van der Waals surface area contributed by atoms with Gasteiger partial charge in [-0.05, 0) is 32.9 Å². The third-order valence-corrected chi connectivity index (χ3v) is 5.34. The summed E-state index contributed by atoms with van der Waals surface area (Å²) < 4.78 is 46.1. The molecular weight excluding hydrogens is 404 g/mol. The number of aliphatic hydroxyl groups is 1. The SMILES string of the molecule is Cc1c(F)cc(-c2cn([C@@H]3[C@@H](O)[C@H](C(=O)O)O[C@@H]4COC(C)(C)O[C@H]34)nn2)cc1F. The van der Waals surface area contributed by atoms with Crippen molar-refractivity contribution in [2.24, 2.45) is 0 Å². The number of ether oxygens (including phenoxy) is 3. The Morgan fingerprint density at radius 2 is 1.97 bits per heavy atom. The van der Waals surface area contributed by atoms with E-state index in [1.807, 2.05) is 0 Å². The Kier molecular flexibility index (Phi) is 5.09. The Morgan fingerprint density at radius 1 is 1.30 bits per heavy atom. The topological polar surface area (TPSA) is 116 Å². The van der Waals surface area contributed by atoms with E-state index in [9.17, 15) is 23.8 Å². The van der Waals surface area contributed by atoms with Crippen molar-refractivity contribution in [3.8, 4) is 11.3 Å².